The first-order chi connectivity index (χ1) is 7.08. The molecule has 5 nitrogen and oxygen atoms in total. The van der Waals surface area contributed by atoms with E-state index in [1.54, 1.807) is 4.70 Å². The van der Waals surface area contributed by atoms with Crippen LogP contribution in [-0.2, 0) is 4.79 Å². The van der Waals surface area contributed by atoms with E-state index in [0.717, 1.165) is 11.4 Å². The summed E-state index contributed by atoms with van der Waals surface area (Å²) in [6.45, 7) is 1.48. The fourth-order valence-corrected chi connectivity index (χ4v) is 0.989. The van der Waals surface area contributed by atoms with Crippen molar-refractivity contribution in [1.29, 1.82) is 0 Å². The Hall–Kier alpha value is -1.91. The van der Waals surface area contributed by atoms with E-state index < -0.39 is 0 Å². The lowest BCUT2D eigenvalue weighted by Gasteiger charge is -2.00. The van der Waals surface area contributed by atoms with Gasteiger partial charge in [-0.25, -0.2) is 0 Å². The highest BCUT2D eigenvalue weighted by Crippen LogP contribution is 2.13. The summed E-state index contributed by atoms with van der Waals surface area (Å²) in [6.07, 6.45) is 0. The standard InChI is InChI=1S/C10H14N4O/c1-8(15)11-9-4-6-10(7-5-9)12-13-14(2)3/h4-7H,1-3H3,(H,11,13,15)/p+1. The van der Waals surface area contributed by atoms with Gasteiger partial charge in [0.05, 0.1) is 19.3 Å². The van der Waals surface area contributed by atoms with E-state index in [0.29, 0.717) is 0 Å². The highest BCUT2D eigenvalue weighted by Gasteiger charge is 1.98. The fraction of sp³-hybridized carbons (Fsp3) is 0.300. The molecule has 0 spiro atoms. The summed E-state index contributed by atoms with van der Waals surface area (Å²) in [5.74, 6) is -0.0753. The second-order valence-electron chi connectivity index (χ2n) is 3.32. The largest absolute Gasteiger partial charge is 0.326 e. The van der Waals surface area contributed by atoms with Crippen molar-refractivity contribution in [1.82, 2.24) is 0 Å². The van der Waals surface area contributed by atoms with Crippen molar-refractivity contribution in [3.8, 4) is 0 Å². The first-order valence-electron chi connectivity index (χ1n) is 4.59. The minimum Gasteiger partial charge on any atom is -0.326 e. The van der Waals surface area contributed by atoms with Crippen LogP contribution in [0.15, 0.2) is 29.5 Å². The average molecular weight is 207 g/mol. The van der Waals surface area contributed by atoms with Gasteiger partial charge in [-0.05, 0) is 24.3 Å². The van der Waals surface area contributed by atoms with Gasteiger partial charge < -0.3 is 5.32 Å². The minimum atomic E-state index is -0.0753. The molecule has 1 aromatic carbocycles. The molecule has 1 rings (SSSR count). The Bertz CT molecular complexity index is 366. The van der Waals surface area contributed by atoms with Gasteiger partial charge in [-0.1, -0.05) is 0 Å². The Morgan fingerprint density at radius 3 is 2.20 bits per heavy atom. The second kappa shape index (κ2) is 5.09. The molecule has 0 fully saturated rings. The summed E-state index contributed by atoms with van der Waals surface area (Å²) >= 11 is 0. The third kappa shape index (κ3) is 4.21. The van der Waals surface area contributed by atoms with E-state index in [2.05, 4.69) is 16.0 Å². The average Bonchev–Trinajstić information content (AvgIpc) is 2.16. The molecule has 5 heteroatoms. The Labute approximate surface area is 88.8 Å². The maximum Gasteiger partial charge on any atom is 0.221 e. The summed E-state index contributed by atoms with van der Waals surface area (Å²) in [4.78, 5) is 10.8. The number of nitrogens with one attached hydrogen (secondary N) is 2. The van der Waals surface area contributed by atoms with E-state index in [1.807, 2.05) is 38.4 Å². The first-order valence-corrected chi connectivity index (χ1v) is 4.59. The third-order valence-electron chi connectivity index (χ3n) is 1.58. The zero-order valence-corrected chi connectivity index (χ0v) is 9.11. The van der Waals surface area contributed by atoms with Crippen LogP contribution in [0.25, 0.3) is 0 Å². The fourth-order valence-electron chi connectivity index (χ4n) is 0.989. The van der Waals surface area contributed by atoms with Crippen molar-refractivity contribution in [2.24, 2.45) is 5.22 Å². The molecule has 0 saturated carbocycles. The molecule has 0 aliphatic rings. The molecule has 0 radical (unpaired) electrons. The lowest BCUT2D eigenvalue weighted by molar-refractivity contribution is -0.535. The molecule has 15 heavy (non-hydrogen) atoms. The first kappa shape index (κ1) is 11.2. The molecular weight excluding hydrogens is 192 g/mol. The Morgan fingerprint density at radius 2 is 1.73 bits per heavy atom. The number of carbonyl (C=O) groups is 1. The number of nitrogens with zero attached hydrogens (tertiary/aromatic N) is 2. The number of benzene rings is 1. The maximum atomic E-state index is 10.8. The normalized spacial score (nSPS) is 9.27. The monoisotopic (exact) mass is 207 g/mol. The molecule has 0 aliphatic carbocycles. The second-order valence-corrected chi connectivity index (χ2v) is 3.32. The van der Waals surface area contributed by atoms with Crippen molar-refractivity contribution in [2.45, 2.75) is 6.92 Å². The van der Waals surface area contributed by atoms with Gasteiger partial charge in [0.1, 0.15) is 5.69 Å². The smallest absolute Gasteiger partial charge is 0.221 e. The van der Waals surface area contributed by atoms with Crippen molar-refractivity contribution in [3.05, 3.63) is 24.3 Å². The van der Waals surface area contributed by atoms with Crippen LogP contribution in [-0.4, -0.2) is 24.7 Å². The van der Waals surface area contributed by atoms with E-state index >= 15 is 0 Å². The number of rotatable bonds is 3. The van der Waals surface area contributed by atoms with E-state index in [-0.39, 0.29) is 5.91 Å². The number of hydrogen-bond acceptors (Lipinski definition) is 2. The lowest BCUT2D eigenvalue weighted by Crippen LogP contribution is -2.05. The molecule has 0 aliphatic heterocycles. The highest BCUT2D eigenvalue weighted by atomic mass is 16.1. The van der Waals surface area contributed by atoms with E-state index in [4.69, 9.17) is 0 Å². The summed E-state index contributed by atoms with van der Waals surface area (Å²) < 4.78 is 1.67. The molecule has 80 valence electrons. The van der Waals surface area contributed by atoms with Crippen LogP contribution < -0.4 is 10.7 Å². The molecule has 1 aromatic rings. The zero-order chi connectivity index (χ0) is 11.3. The quantitative estimate of drug-likeness (QED) is 0.450. The van der Waals surface area contributed by atoms with Gasteiger partial charge in [0, 0.05) is 12.6 Å². The van der Waals surface area contributed by atoms with Gasteiger partial charge in [-0.2, -0.15) is 4.70 Å². The van der Waals surface area contributed by atoms with Crippen LogP contribution in [0.3, 0.4) is 0 Å². The Morgan fingerprint density at radius 1 is 1.20 bits per heavy atom. The van der Waals surface area contributed by atoms with Gasteiger partial charge in [-0.15, -0.1) is 5.43 Å². The molecular formula is C10H15N4O+. The number of hydrogen-bond donors (Lipinski definition) is 2. The van der Waals surface area contributed by atoms with Gasteiger partial charge >= 0.3 is 0 Å². The van der Waals surface area contributed by atoms with Gasteiger partial charge in [0.15, 0.2) is 0 Å². The minimum absolute atomic E-state index is 0.0753. The van der Waals surface area contributed by atoms with Crippen LogP contribution in [0.5, 0.6) is 0 Å². The lowest BCUT2D eigenvalue weighted by atomic mass is 10.3. The van der Waals surface area contributed by atoms with Crippen LogP contribution in [0.1, 0.15) is 6.92 Å². The van der Waals surface area contributed by atoms with Crippen LogP contribution in [0.4, 0.5) is 11.4 Å². The van der Waals surface area contributed by atoms with Crippen molar-refractivity contribution >= 4 is 17.3 Å². The molecule has 1 amide bonds. The summed E-state index contributed by atoms with van der Waals surface area (Å²) in [5, 5.41) is 6.67. The van der Waals surface area contributed by atoms with Crippen molar-refractivity contribution < 1.29 is 9.49 Å². The zero-order valence-electron chi connectivity index (χ0n) is 9.11. The van der Waals surface area contributed by atoms with Crippen molar-refractivity contribution in [2.75, 3.05) is 24.8 Å². The molecule has 0 atom stereocenters. The SMILES string of the molecule is CC(=O)Nc1ccc(NN=[N+](C)C)cc1. The summed E-state index contributed by atoms with van der Waals surface area (Å²) in [7, 11) is 3.66. The highest BCUT2D eigenvalue weighted by molar-refractivity contribution is 5.88. The van der Waals surface area contributed by atoms with Gasteiger partial charge in [0.25, 0.3) is 0 Å². The maximum absolute atomic E-state index is 10.8. The molecule has 0 bridgehead atoms. The van der Waals surface area contributed by atoms with Crippen LogP contribution in [0.2, 0.25) is 0 Å². The Balaban J connectivity index is 2.64. The molecule has 2 N–H and O–H groups in total. The van der Waals surface area contributed by atoms with Crippen LogP contribution in [0, 0.1) is 0 Å². The van der Waals surface area contributed by atoms with Crippen molar-refractivity contribution in [3.63, 3.8) is 0 Å². The van der Waals surface area contributed by atoms with Gasteiger partial charge in [-0.3, -0.25) is 4.79 Å². The number of anilines is 2. The number of carbonyl (C=O) groups excluding carboxylic acids is 1. The molecule has 0 heterocycles. The Kier molecular flexibility index (Phi) is 3.79. The molecule has 0 aromatic heterocycles. The predicted molar refractivity (Wildman–Crippen MR) is 58.9 cm³/mol. The molecule has 0 unspecified atom stereocenters. The predicted octanol–water partition coefficient (Wildman–Crippen LogP) is 1.70. The van der Waals surface area contributed by atoms with Crippen LogP contribution >= 0.6 is 0 Å². The molecule has 0 saturated heterocycles. The third-order valence-corrected chi connectivity index (χ3v) is 1.58. The van der Waals surface area contributed by atoms with Gasteiger partial charge in [0.2, 0.25) is 5.91 Å². The topological polar surface area (TPSA) is 56.5 Å². The summed E-state index contributed by atoms with van der Waals surface area (Å²) in [6, 6.07) is 7.32. The number of amides is 1. The van der Waals surface area contributed by atoms with E-state index in [1.165, 1.54) is 6.92 Å². The van der Waals surface area contributed by atoms with E-state index in [9.17, 15) is 4.79 Å². The summed E-state index contributed by atoms with van der Waals surface area (Å²) in [5.41, 5.74) is 4.51.